The Hall–Kier alpha value is -2.52. The maximum atomic E-state index is 12.5. The number of hydrogen-bond donors (Lipinski definition) is 2. The first-order chi connectivity index (χ1) is 12.0. The van der Waals surface area contributed by atoms with Crippen LogP contribution in [-0.4, -0.2) is 45.2 Å². The van der Waals surface area contributed by atoms with Crippen LogP contribution < -0.4 is 10.7 Å². The molecular weight excluding hydrogens is 355 g/mol. The van der Waals surface area contributed by atoms with E-state index in [2.05, 4.69) is 5.32 Å². The van der Waals surface area contributed by atoms with E-state index < -0.39 is 42.0 Å². The molecule has 2 N–H and O–H groups in total. The second kappa shape index (κ2) is 7.38. The fraction of sp³-hybridized carbons (Fsp3) is 0.562. The fourth-order valence-electron chi connectivity index (χ4n) is 2.78. The molecule has 1 aliphatic heterocycles. The van der Waals surface area contributed by atoms with Crippen LogP contribution in [0.2, 0.25) is 0 Å². The fourth-order valence-corrected chi connectivity index (χ4v) is 2.78. The molecule has 0 saturated heterocycles. The molecule has 2 amide bonds. The average Bonchev–Trinajstić information content (AvgIpc) is 2.53. The summed E-state index contributed by atoms with van der Waals surface area (Å²) < 4.78 is 37.9. The minimum atomic E-state index is -4.43. The number of aromatic hydroxyl groups is 1. The Morgan fingerprint density at radius 2 is 1.96 bits per heavy atom. The molecule has 26 heavy (non-hydrogen) atoms. The number of carbonyl (C=O) groups is 2. The van der Waals surface area contributed by atoms with E-state index in [9.17, 15) is 32.7 Å². The third kappa shape index (κ3) is 4.36. The van der Waals surface area contributed by atoms with E-state index in [4.69, 9.17) is 0 Å². The van der Waals surface area contributed by atoms with E-state index in [1.165, 1.54) is 9.47 Å². The van der Waals surface area contributed by atoms with Gasteiger partial charge >= 0.3 is 6.18 Å². The number of halogens is 3. The number of rotatable bonds is 5. The lowest BCUT2D eigenvalue weighted by molar-refractivity contribution is -0.144. The monoisotopic (exact) mass is 375 g/mol. The number of alkyl halides is 3. The van der Waals surface area contributed by atoms with Crippen molar-refractivity contribution >= 4 is 11.8 Å². The Bertz CT molecular complexity index is 771. The van der Waals surface area contributed by atoms with Crippen LogP contribution in [0, 0.1) is 0 Å². The predicted octanol–water partition coefficient (Wildman–Crippen LogP) is 1.38. The zero-order valence-corrected chi connectivity index (χ0v) is 14.4. The number of amides is 2. The van der Waals surface area contributed by atoms with Gasteiger partial charge in [0.15, 0.2) is 11.4 Å². The Morgan fingerprint density at radius 3 is 2.54 bits per heavy atom. The van der Waals surface area contributed by atoms with E-state index in [0.29, 0.717) is 13.1 Å². The topological polar surface area (TPSA) is 91.6 Å². The van der Waals surface area contributed by atoms with Gasteiger partial charge in [-0.25, -0.2) is 0 Å². The normalized spacial score (nSPS) is 14.5. The van der Waals surface area contributed by atoms with Crippen molar-refractivity contribution in [3.8, 4) is 5.75 Å². The van der Waals surface area contributed by atoms with Crippen molar-refractivity contribution in [2.24, 2.45) is 0 Å². The summed E-state index contributed by atoms with van der Waals surface area (Å²) in [5, 5.41) is 12.3. The van der Waals surface area contributed by atoms with Crippen LogP contribution in [0.3, 0.4) is 0 Å². The maximum Gasteiger partial charge on any atom is 0.389 e. The zero-order valence-electron chi connectivity index (χ0n) is 14.4. The second-order valence-corrected chi connectivity index (χ2v) is 6.33. The van der Waals surface area contributed by atoms with Crippen molar-refractivity contribution in [3.05, 3.63) is 27.7 Å². The molecule has 0 atom stereocenters. The largest absolute Gasteiger partial charge is 0.503 e. The van der Waals surface area contributed by atoms with Crippen LogP contribution in [-0.2, 0) is 17.9 Å². The van der Waals surface area contributed by atoms with Gasteiger partial charge in [-0.2, -0.15) is 13.2 Å². The summed E-state index contributed by atoms with van der Waals surface area (Å²) >= 11 is 0. The van der Waals surface area contributed by atoms with E-state index >= 15 is 0 Å². The molecular formula is C16H20F3N3O4. The summed E-state index contributed by atoms with van der Waals surface area (Å²) in [5.74, 6) is -2.00. The first kappa shape index (κ1) is 19.8. The molecule has 0 unspecified atom stereocenters. The molecule has 1 aliphatic rings. The molecule has 0 aliphatic carbocycles. The number of nitrogens with one attached hydrogen (secondary N) is 1. The Kier molecular flexibility index (Phi) is 5.62. The number of fused-ring (bicyclic) bond motifs is 1. The van der Waals surface area contributed by atoms with Gasteiger partial charge in [-0.15, -0.1) is 0 Å². The van der Waals surface area contributed by atoms with E-state index in [1.807, 2.05) is 0 Å². The van der Waals surface area contributed by atoms with Gasteiger partial charge in [0.2, 0.25) is 11.3 Å². The quantitative estimate of drug-likeness (QED) is 0.813. The second-order valence-electron chi connectivity index (χ2n) is 6.33. The number of aromatic nitrogens is 1. The minimum absolute atomic E-state index is 0.128. The number of carbonyl (C=O) groups excluding carboxylic acids is 2. The maximum absolute atomic E-state index is 12.5. The standard InChI is InChI=1S/C16H20F3N3O4/c1-9(2)21-5-6-22-10(7-11(23)14(25)13(22)15(21)26)8-20-12(24)3-4-16(17,18)19/h7,9,25H,3-6,8H2,1-2H3,(H,20,24). The summed E-state index contributed by atoms with van der Waals surface area (Å²) in [6, 6.07) is 0.942. The lowest BCUT2D eigenvalue weighted by atomic mass is 10.1. The first-order valence-corrected chi connectivity index (χ1v) is 8.11. The first-order valence-electron chi connectivity index (χ1n) is 8.11. The highest BCUT2D eigenvalue weighted by molar-refractivity contribution is 5.96. The van der Waals surface area contributed by atoms with Crippen LogP contribution in [0.15, 0.2) is 10.9 Å². The molecule has 7 nitrogen and oxygen atoms in total. The Balaban J connectivity index is 2.22. The molecule has 2 heterocycles. The van der Waals surface area contributed by atoms with Crippen molar-refractivity contribution in [3.63, 3.8) is 0 Å². The minimum Gasteiger partial charge on any atom is -0.503 e. The highest BCUT2D eigenvalue weighted by Crippen LogP contribution is 2.23. The van der Waals surface area contributed by atoms with Crippen molar-refractivity contribution in [2.75, 3.05) is 6.54 Å². The van der Waals surface area contributed by atoms with Crippen LogP contribution in [0.25, 0.3) is 0 Å². The summed E-state index contributed by atoms with van der Waals surface area (Å²) in [5.41, 5.74) is -0.702. The van der Waals surface area contributed by atoms with E-state index in [-0.39, 0.29) is 24.0 Å². The highest BCUT2D eigenvalue weighted by atomic mass is 19.4. The highest BCUT2D eigenvalue weighted by Gasteiger charge is 2.31. The molecule has 0 fully saturated rings. The number of nitrogens with zero attached hydrogens (tertiary/aromatic N) is 2. The number of hydrogen-bond acceptors (Lipinski definition) is 4. The Labute approximate surface area is 147 Å². The SMILES string of the molecule is CC(C)N1CCn2c(CNC(=O)CCC(F)(F)F)cc(=O)c(O)c2C1=O. The molecule has 10 heteroatoms. The molecule has 1 aromatic heterocycles. The van der Waals surface area contributed by atoms with Crippen LogP contribution >= 0.6 is 0 Å². The van der Waals surface area contributed by atoms with Gasteiger partial charge in [0.25, 0.3) is 5.91 Å². The summed E-state index contributed by atoms with van der Waals surface area (Å²) in [4.78, 5) is 37.5. The lowest BCUT2D eigenvalue weighted by Crippen LogP contribution is -2.46. The average molecular weight is 375 g/mol. The molecule has 1 aromatic rings. The molecule has 144 valence electrons. The summed E-state index contributed by atoms with van der Waals surface area (Å²) in [6.45, 7) is 4.02. The van der Waals surface area contributed by atoms with E-state index in [0.717, 1.165) is 6.07 Å². The van der Waals surface area contributed by atoms with Gasteiger partial charge in [-0.3, -0.25) is 14.4 Å². The van der Waals surface area contributed by atoms with Gasteiger partial charge in [0, 0.05) is 37.3 Å². The molecule has 0 saturated carbocycles. The summed E-state index contributed by atoms with van der Waals surface area (Å²) in [6.07, 6.45) is -6.40. The molecule has 0 spiro atoms. The van der Waals surface area contributed by atoms with Gasteiger partial charge in [-0.05, 0) is 13.8 Å². The molecule has 0 radical (unpaired) electrons. The lowest BCUT2D eigenvalue weighted by Gasteiger charge is -2.34. The Morgan fingerprint density at radius 1 is 1.31 bits per heavy atom. The van der Waals surface area contributed by atoms with Gasteiger partial charge < -0.3 is 19.9 Å². The van der Waals surface area contributed by atoms with Gasteiger partial charge in [0.1, 0.15) is 0 Å². The zero-order chi connectivity index (χ0) is 19.6. The van der Waals surface area contributed by atoms with Gasteiger partial charge in [-0.1, -0.05) is 0 Å². The number of pyridine rings is 1. The summed E-state index contributed by atoms with van der Waals surface area (Å²) in [7, 11) is 0. The van der Waals surface area contributed by atoms with Crippen LogP contribution in [0.1, 0.15) is 42.9 Å². The smallest absolute Gasteiger partial charge is 0.389 e. The van der Waals surface area contributed by atoms with Crippen LogP contribution in [0.4, 0.5) is 13.2 Å². The molecule has 0 aromatic carbocycles. The van der Waals surface area contributed by atoms with Gasteiger partial charge in [0.05, 0.1) is 13.0 Å². The van der Waals surface area contributed by atoms with Crippen molar-refractivity contribution < 1.29 is 27.9 Å². The predicted molar refractivity (Wildman–Crippen MR) is 85.7 cm³/mol. The van der Waals surface area contributed by atoms with E-state index in [1.54, 1.807) is 13.8 Å². The molecule has 2 rings (SSSR count). The van der Waals surface area contributed by atoms with Crippen molar-refractivity contribution in [1.29, 1.82) is 0 Å². The van der Waals surface area contributed by atoms with Crippen molar-refractivity contribution in [1.82, 2.24) is 14.8 Å². The third-order valence-electron chi connectivity index (χ3n) is 4.13. The molecule has 0 bridgehead atoms. The third-order valence-corrected chi connectivity index (χ3v) is 4.13. The van der Waals surface area contributed by atoms with Crippen LogP contribution in [0.5, 0.6) is 5.75 Å². The van der Waals surface area contributed by atoms with Crippen molar-refractivity contribution in [2.45, 2.75) is 52.0 Å².